The minimum Gasteiger partial charge on any atom is -0.330 e. The molecule has 0 saturated carbocycles. The second-order valence-electron chi connectivity index (χ2n) is 4.09. The van der Waals surface area contributed by atoms with E-state index >= 15 is 0 Å². The molecule has 1 aromatic carbocycles. The second-order valence-corrected chi connectivity index (χ2v) is 5.06. The zero-order chi connectivity index (χ0) is 12.4. The van der Waals surface area contributed by atoms with Crippen molar-refractivity contribution in [1.82, 2.24) is 9.97 Å². The summed E-state index contributed by atoms with van der Waals surface area (Å²) in [4.78, 5) is 9.91. The number of benzene rings is 1. The molecule has 0 amide bonds. The number of halogens is 1. The van der Waals surface area contributed by atoms with Gasteiger partial charge in [-0.05, 0) is 36.7 Å². The van der Waals surface area contributed by atoms with E-state index in [4.69, 9.17) is 5.73 Å². The van der Waals surface area contributed by atoms with Crippen molar-refractivity contribution in [1.29, 1.82) is 0 Å². The highest BCUT2D eigenvalue weighted by Gasteiger charge is 2.06. The van der Waals surface area contributed by atoms with E-state index in [0.717, 1.165) is 27.3 Å². The predicted molar refractivity (Wildman–Crippen MR) is 82.9 cm³/mol. The Kier molecular flexibility index (Phi) is 4.47. The highest BCUT2D eigenvalue weighted by molar-refractivity contribution is 7.21. The number of rotatable bonds is 3. The lowest BCUT2D eigenvalue weighted by Gasteiger charge is -2.01. The van der Waals surface area contributed by atoms with Gasteiger partial charge in [0.25, 0.3) is 0 Å². The van der Waals surface area contributed by atoms with Crippen molar-refractivity contribution in [2.75, 3.05) is 6.54 Å². The minimum absolute atomic E-state index is 0. The summed E-state index contributed by atoms with van der Waals surface area (Å²) in [6.07, 6.45) is 2.70. The van der Waals surface area contributed by atoms with Gasteiger partial charge in [0, 0.05) is 11.8 Å². The molecule has 0 spiro atoms. The van der Waals surface area contributed by atoms with Crippen molar-refractivity contribution in [2.45, 2.75) is 6.42 Å². The van der Waals surface area contributed by atoms with Crippen molar-refractivity contribution in [3.8, 4) is 10.6 Å². The molecule has 3 rings (SSSR count). The summed E-state index contributed by atoms with van der Waals surface area (Å²) >= 11 is 1.62. The molecule has 2 aromatic heterocycles. The van der Waals surface area contributed by atoms with E-state index in [9.17, 15) is 0 Å². The second kappa shape index (κ2) is 6.10. The summed E-state index contributed by atoms with van der Waals surface area (Å²) in [6, 6.07) is 12.3. The van der Waals surface area contributed by atoms with Crippen molar-refractivity contribution < 1.29 is 0 Å². The molecule has 0 aliphatic heterocycles. The number of pyridine rings is 1. The molecule has 0 unspecified atom stereocenters. The standard InChI is InChI=1S/C14H13N3S.ClH/c15-7-6-10-3-1-4-11(9-10)13-17-12-5-2-8-16-14(12)18-13;/h1-5,8-9H,6-7,15H2;1H. The fraction of sp³-hybridized carbons (Fsp3) is 0.143. The van der Waals surface area contributed by atoms with Crippen molar-refractivity contribution in [2.24, 2.45) is 5.73 Å². The molecule has 0 aliphatic rings. The molecule has 3 aromatic rings. The Bertz CT molecular complexity index is 648. The largest absolute Gasteiger partial charge is 0.330 e. The summed E-state index contributed by atoms with van der Waals surface area (Å²) in [5, 5.41) is 1.02. The van der Waals surface area contributed by atoms with E-state index in [-0.39, 0.29) is 12.4 Å². The van der Waals surface area contributed by atoms with Crippen LogP contribution in [0.3, 0.4) is 0 Å². The van der Waals surface area contributed by atoms with Gasteiger partial charge < -0.3 is 5.73 Å². The van der Waals surface area contributed by atoms with Gasteiger partial charge in [-0.25, -0.2) is 9.97 Å². The SMILES string of the molecule is Cl.NCCc1cccc(-c2nc3cccnc3s2)c1. The maximum atomic E-state index is 5.59. The zero-order valence-electron chi connectivity index (χ0n) is 10.2. The summed E-state index contributed by atoms with van der Waals surface area (Å²) in [5.41, 5.74) is 8.94. The lowest BCUT2D eigenvalue weighted by molar-refractivity contribution is 0.969. The normalized spacial score (nSPS) is 10.4. The Morgan fingerprint density at radius 1 is 1.16 bits per heavy atom. The van der Waals surface area contributed by atoms with Crippen LogP contribution >= 0.6 is 23.7 Å². The van der Waals surface area contributed by atoms with Crippen LogP contribution < -0.4 is 5.73 Å². The monoisotopic (exact) mass is 291 g/mol. The van der Waals surface area contributed by atoms with E-state index in [1.807, 2.05) is 12.1 Å². The Balaban J connectivity index is 0.00000133. The molecule has 19 heavy (non-hydrogen) atoms. The molecule has 0 bridgehead atoms. The molecule has 0 saturated heterocycles. The van der Waals surface area contributed by atoms with Crippen LogP contribution in [0.15, 0.2) is 42.6 Å². The smallest absolute Gasteiger partial charge is 0.143 e. The van der Waals surface area contributed by atoms with Crippen LogP contribution in [0.4, 0.5) is 0 Å². The molecule has 0 fully saturated rings. The first kappa shape index (κ1) is 13.9. The number of hydrogen-bond donors (Lipinski definition) is 1. The van der Waals surface area contributed by atoms with Crippen LogP contribution in [0, 0.1) is 0 Å². The zero-order valence-corrected chi connectivity index (χ0v) is 11.9. The van der Waals surface area contributed by atoms with Gasteiger partial charge in [-0.15, -0.1) is 12.4 Å². The van der Waals surface area contributed by atoms with Gasteiger partial charge in [0.1, 0.15) is 15.4 Å². The quantitative estimate of drug-likeness (QED) is 0.806. The number of nitrogens with two attached hydrogens (primary N) is 1. The Labute approximate surface area is 121 Å². The number of thiazole rings is 1. The summed E-state index contributed by atoms with van der Waals surface area (Å²) in [7, 11) is 0. The summed E-state index contributed by atoms with van der Waals surface area (Å²) in [5.74, 6) is 0. The van der Waals surface area contributed by atoms with Crippen LogP contribution in [0.1, 0.15) is 5.56 Å². The molecule has 2 heterocycles. The highest BCUT2D eigenvalue weighted by Crippen LogP contribution is 2.29. The molecule has 0 radical (unpaired) electrons. The van der Waals surface area contributed by atoms with E-state index in [2.05, 4.69) is 34.2 Å². The topological polar surface area (TPSA) is 51.8 Å². The predicted octanol–water partition coefficient (Wildman–Crippen LogP) is 3.28. The molecule has 3 nitrogen and oxygen atoms in total. The lowest BCUT2D eigenvalue weighted by Crippen LogP contribution is -2.02. The Hall–Kier alpha value is -1.49. The number of hydrogen-bond acceptors (Lipinski definition) is 4. The van der Waals surface area contributed by atoms with Gasteiger partial charge in [-0.2, -0.15) is 0 Å². The molecule has 98 valence electrons. The van der Waals surface area contributed by atoms with E-state index in [0.29, 0.717) is 6.54 Å². The fourth-order valence-corrected chi connectivity index (χ4v) is 2.82. The van der Waals surface area contributed by atoms with Gasteiger partial charge in [-0.1, -0.05) is 29.5 Å². The molecular weight excluding hydrogens is 278 g/mol. The summed E-state index contributed by atoms with van der Waals surface area (Å²) < 4.78 is 0. The Morgan fingerprint density at radius 3 is 2.84 bits per heavy atom. The maximum absolute atomic E-state index is 5.59. The van der Waals surface area contributed by atoms with Gasteiger partial charge in [-0.3, -0.25) is 0 Å². The number of aromatic nitrogens is 2. The third-order valence-electron chi connectivity index (χ3n) is 2.77. The first-order valence-corrected chi connectivity index (χ1v) is 6.69. The number of fused-ring (bicyclic) bond motifs is 1. The van der Waals surface area contributed by atoms with Crippen LogP contribution in [-0.2, 0) is 6.42 Å². The fourth-order valence-electron chi connectivity index (χ4n) is 1.92. The van der Waals surface area contributed by atoms with Crippen LogP contribution in [0.5, 0.6) is 0 Å². The Morgan fingerprint density at radius 2 is 2.05 bits per heavy atom. The molecule has 0 aliphatic carbocycles. The van der Waals surface area contributed by atoms with Crippen molar-refractivity contribution in [3.63, 3.8) is 0 Å². The highest BCUT2D eigenvalue weighted by atomic mass is 35.5. The van der Waals surface area contributed by atoms with Gasteiger partial charge in [0.2, 0.25) is 0 Å². The number of nitrogens with zero attached hydrogens (tertiary/aromatic N) is 2. The van der Waals surface area contributed by atoms with Crippen LogP contribution in [0.2, 0.25) is 0 Å². The average Bonchev–Trinajstić information content (AvgIpc) is 2.83. The summed E-state index contributed by atoms with van der Waals surface area (Å²) in [6.45, 7) is 0.671. The first-order chi connectivity index (χ1) is 8.86. The van der Waals surface area contributed by atoms with Crippen molar-refractivity contribution in [3.05, 3.63) is 48.2 Å². The van der Waals surface area contributed by atoms with Crippen LogP contribution in [-0.4, -0.2) is 16.5 Å². The van der Waals surface area contributed by atoms with E-state index in [1.54, 1.807) is 17.5 Å². The average molecular weight is 292 g/mol. The van der Waals surface area contributed by atoms with Crippen LogP contribution in [0.25, 0.3) is 20.9 Å². The van der Waals surface area contributed by atoms with E-state index < -0.39 is 0 Å². The maximum Gasteiger partial charge on any atom is 0.143 e. The molecular formula is C14H14ClN3S. The van der Waals surface area contributed by atoms with Crippen molar-refractivity contribution >= 4 is 34.1 Å². The third kappa shape index (κ3) is 2.92. The third-order valence-corrected chi connectivity index (χ3v) is 3.80. The molecule has 2 N–H and O–H groups in total. The van der Waals surface area contributed by atoms with Gasteiger partial charge in [0.15, 0.2) is 0 Å². The van der Waals surface area contributed by atoms with Gasteiger partial charge >= 0.3 is 0 Å². The van der Waals surface area contributed by atoms with E-state index in [1.165, 1.54) is 5.56 Å². The first-order valence-electron chi connectivity index (χ1n) is 5.88. The lowest BCUT2D eigenvalue weighted by atomic mass is 10.1. The van der Waals surface area contributed by atoms with Gasteiger partial charge in [0.05, 0.1) is 0 Å². The molecule has 5 heteroatoms. The molecule has 0 atom stereocenters. The minimum atomic E-state index is 0.